The first-order chi connectivity index (χ1) is 6.80. The maximum atomic E-state index is 5.71. The fourth-order valence-electron chi connectivity index (χ4n) is 0.551. The summed E-state index contributed by atoms with van der Waals surface area (Å²) >= 11 is 5.71. The lowest BCUT2D eigenvalue weighted by Gasteiger charge is -1.90. The van der Waals surface area contributed by atoms with E-state index in [9.17, 15) is 0 Å². The first kappa shape index (κ1) is 19.1. The first-order valence-electron chi connectivity index (χ1n) is 5.52. The molecule has 0 aromatic heterocycles. The predicted octanol–water partition coefficient (Wildman–Crippen LogP) is 5.73. The molecule has 0 amide bonds. The van der Waals surface area contributed by atoms with Gasteiger partial charge in [-0.1, -0.05) is 71.3 Å². The third kappa shape index (κ3) is 11.5. The van der Waals surface area contributed by atoms with Crippen molar-refractivity contribution in [2.75, 3.05) is 0 Å². The largest absolute Gasteiger partial charge is 0.0841 e. The van der Waals surface area contributed by atoms with E-state index in [-0.39, 0.29) is 0 Å². The smallest absolute Gasteiger partial charge is 0.0435 e. The van der Waals surface area contributed by atoms with Gasteiger partial charge in [-0.2, -0.15) is 0 Å². The summed E-state index contributed by atoms with van der Waals surface area (Å²) in [5, 5.41) is 0.840. The summed E-state index contributed by atoms with van der Waals surface area (Å²) in [4.78, 5) is 0. The van der Waals surface area contributed by atoms with Crippen molar-refractivity contribution in [1.82, 2.24) is 0 Å². The second-order valence-corrected chi connectivity index (χ2v) is 2.16. The maximum Gasteiger partial charge on any atom is 0.0435 e. The molecule has 1 heteroatoms. The topological polar surface area (TPSA) is 0 Å². The Morgan fingerprint density at radius 2 is 1.14 bits per heavy atom. The molecule has 0 N–H and O–H groups in total. The van der Waals surface area contributed by atoms with Gasteiger partial charge in [0.25, 0.3) is 0 Å². The normalized spacial score (nSPS) is 6.57. The van der Waals surface area contributed by atoms with Gasteiger partial charge in [0.15, 0.2) is 0 Å². The zero-order valence-corrected chi connectivity index (χ0v) is 11.4. The molecule has 0 atom stereocenters. The SMILES string of the molecule is CC.CC.CC.Cc1ccccc1Cl. The predicted molar refractivity (Wildman–Crippen MR) is 70.2 cm³/mol. The van der Waals surface area contributed by atoms with Crippen LogP contribution in [0.1, 0.15) is 47.1 Å². The first-order valence-corrected chi connectivity index (χ1v) is 5.89. The molecule has 1 aromatic carbocycles. The van der Waals surface area contributed by atoms with Crippen LogP contribution in [0, 0.1) is 6.92 Å². The van der Waals surface area contributed by atoms with Crippen LogP contribution in [0.25, 0.3) is 0 Å². The Labute approximate surface area is 95.3 Å². The summed E-state index contributed by atoms with van der Waals surface area (Å²) in [5.41, 5.74) is 1.13. The fourth-order valence-corrected chi connectivity index (χ4v) is 0.687. The molecule has 0 bridgehead atoms. The Balaban J connectivity index is -0.000000174. The van der Waals surface area contributed by atoms with Gasteiger partial charge in [-0.05, 0) is 18.6 Å². The van der Waals surface area contributed by atoms with Crippen LogP contribution in [0.3, 0.4) is 0 Å². The molecule has 0 aliphatic carbocycles. The summed E-state index contributed by atoms with van der Waals surface area (Å²) in [7, 11) is 0. The number of hydrogen-bond acceptors (Lipinski definition) is 0. The van der Waals surface area contributed by atoms with Crippen molar-refractivity contribution in [3.63, 3.8) is 0 Å². The van der Waals surface area contributed by atoms with Gasteiger partial charge in [0.05, 0.1) is 0 Å². The quantitative estimate of drug-likeness (QED) is 0.520. The molecular weight excluding hydrogens is 192 g/mol. The van der Waals surface area contributed by atoms with Gasteiger partial charge < -0.3 is 0 Å². The van der Waals surface area contributed by atoms with Crippen molar-refractivity contribution in [2.24, 2.45) is 0 Å². The van der Waals surface area contributed by atoms with E-state index >= 15 is 0 Å². The molecule has 0 aliphatic heterocycles. The maximum absolute atomic E-state index is 5.71. The molecular formula is C13H25Cl. The van der Waals surface area contributed by atoms with Gasteiger partial charge in [-0.25, -0.2) is 0 Å². The highest BCUT2D eigenvalue weighted by atomic mass is 35.5. The highest BCUT2D eigenvalue weighted by Gasteiger charge is 1.86. The Kier molecular flexibility index (Phi) is 25.1. The summed E-state index contributed by atoms with van der Waals surface area (Å²) in [6.07, 6.45) is 0. The fraction of sp³-hybridized carbons (Fsp3) is 0.538. The number of hydrogen-bond donors (Lipinski definition) is 0. The Bertz CT molecular complexity index is 161. The Morgan fingerprint density at radius 3 is 1.36 bits per heavy atom. The minimum absolute atomic E-state index is 0.840. The second-order valence-electron chi connectivity index (χ2n) is 1.75. The van der Waals surface area contributed by atoms with E-state index in [2.05, 4.69) is 0 Å². The average molecular weight is 217 g/mol. The monoisotopic (exact) mass is 216 g/mol. The molecule has 0 saturated heterocycles. The van der Waals surface area contributed by atoms with E-state index < -0.39 is 0 Å². The molecule has 0 radical (unpaired) electrons. The third-order valence-corrected chi connectivity index (χ3v) is 1.50. The van der Waals surface area contributed by atoms with Crippen molar-refractivity contribution in [1.29, 1.82) is 0 Å². The molecule has 1 rings (SSSR count). The van der Waals surface area contributed by atoms with E-state index in [1.807, 2.05) is 72.7 Å². The van der Waals surface area contributed by atoms with Crippen LogP contribution in [0.2, 0.25) is 5.02 Å². The van der Waals surface area contributed by atoms with E-state index in [4.69, 9.17) is 11.6 Å². The van der Waals surface area contributed by atoms with E-state index in [1.54, 1.807) is 0 Å². The lowest BCUT2D eigenvalue weighted by atomic mass is 10.2. The zero-order chi connectivity index (χ0) is 12.0. The van der Waals surface area contributed by atoms with Gasteiger partial charge in [0.2, 0.25) is 0 Å². The van der Waals surface area contributed by atoms with Gasteiger partial charge in [0, 0.05) is 5.02 Å². The van der Waals surface area contributed by atoms with E-state index in [1.165, 1.54) is 0 Å². The van der Waals surface area contributed by atoms with Crippen LogP contribution in [-0.2, 0) is 0 Å². The molecule has 1 aromatic rings. The van der Waals surface area contributed by atoms with Gasteiger partial charge >= 0.3 is 0 Å². The zero-order valence-electron chi connectivity index (χ0n) is 10.7. The van der Waals surface area contributed by atoms with Gasteiger partial charge in [-0.15, -0.1) is 0 Å². The molecule has 0 aliphatic rings. The summed E-state index contributed by atoms with van der Waals surface area (Å²) < 4.78 is 0. The van der Waals surface area contributed by atoms with E-state index in [0.29, 0.717) is 0 Å². The van der Waals surface area contributed by atoms with E-state index in [0.717, 1.165) is 10.6 Å². The van der Waals surface area contributed by atoms with Crippen molar-refractivity contribution in [3.8, 4) is 0 Å². The van der Waals surface area contributed by atoms with Crippen LogP contribution in [0.15, 0.2) is 24.3 Å². The number of halogens is 1. The Morgan fingerprint density at radius 1 is 0.786 bits per heavy atom. The molecule has 14 heavy (non-hydrogen) atoms. The highest BCUT2D eigenvalue weighted by Crippen LogP contribution is 2.11. The van der Waals surface area contributed by atoms with Crippen LogP contribution in [0.5, 0.6) is 0 Å². The standard InChI is InChI=1S/C7H7Cl.3C2H6/c1-6-4-2-3-5-7(6)8;3*1-2/h2-5H,1H3;3*1-2H3. The summed E-state index contributed by atoms with van der Waals surface area (Å²) in [5.74, 6) is 0. The molecule has 0 nitrogen and oxygen atoms in total. The molecule has 0 fully saturated rings. The highest BCUT2D eigenvalue weighted by molar-refractivity contribution is 6.31. The van der Waals surface area contributed by atoms with Gasteiger partial charge in [0.1, 0.15) is 0 Å². The number of benzene rings is 1. The average Bonchev–Trinajstić information content (AvgIpc) is 2.31. The lowest BCUT2D eigenvalue weighted by molar-refractivity contribution is 1.47. The molecule has 0 spiro atoms. The molecule has 0 unspecified atom stereocenters. The summed E-state index contributed by atoms with van der Waals surface area (Å²) in [6, 6.07) is 7.77. The summed E-state index contributed by atoms with van der Waals surface area (Å²) in [6.45, 7) is 14.0. The van der Waals surface area contributed by atoms with Crippen LogP contribution < -0.4 is 0 Å². The van der Waals surface area contributed by atoms with Crippen molar-refractivity contribution < 1.29 is 0 Å². The van der Waals surface area contributed by atoms with Crippen LogP contribution in [0.4, 0.5) is 0 Å². The number of aryl methyl sites for hydroxylation is 1. The van der Waals surface area contributed by atoms with Gasteiger partial charge in [-0.3, -0.25) is 0 Å². The Hall–Kier alpha value is -0.490. The minimum atomic E-state index is 0.840. The van der Waals surface area contributed by atoms with Crippen molar-refractivity contribution in [3.05, 3.63) is 34.9 Å². The molecule has 84 valence electrons. The number of rotatable bonds is 0. The minimum Gasteiger partial charge on any atom is -0.0841 e. The second kappa shape index (κ2) is 18.3. The lowest BCUT2D eigenvalue weighted by Crippen LogP contribution is -1.68. The van der Waals surface area contributed by atoms with Crippen LogP contribution >= 0.6 is 11.6 Å². The van der Waals surface area contributed by atoms with Crippen LogP contribution in [-0.4, -0.2) is 0 Å². The molecule has 0 saturated carbocycles. The molecule has 0 heterocycles. The van der Waals surface area contributed by atoms with Crippen molar-refractivity contribution in [2.45, 2.75) is 48.5 Å². The van der Waals surface area contributed by atoms with Crippen molar-refractivity contribution >= 4 is 11.6 Å². The third-order valence-electron chi connectivity index (χ3n) is 1.08.